The van der Waals surface area contributed by atoms with E-state index in [2.05, 4.69) is 64.4 Å². The number of nitrogens with one attached hydrogen (secondary N) is 3. The van der Waals surface area contributed by atoms with E-state index in [1.165, 1.54) is 13.3 Å². The molecule has 0 fully saturated rings. The maximum absolute atomic E-state index is 12.7. The fraction of sp³-hybridized carbons (Fsp3) is 0.269. The predicted octanol–water partition coefficient (Wildman–Crippen LogP) is 3.49. The van der Waals surface area contributed by atoms with Gasteiger partial charge in [-0.3, -0.25) is 4.79 Å². The minimum Gasteiger partial charge on any atom is -0.483 e. The summed E-state index contributed by atoms with van der Waals surface area (Å²) < 4.78 is 22.4. The average Bonchev–Trinajstić information content (AvgIpc) is 2.91. The van der Waals surface area contributed by atoms with Gasteiger partial charge in [-0.2, -0.15) is 5.10 Å². The second-order valence-corrected chi connectivity index (χ2v) is 10.5. The first-order valence-corrected chi connectivity index (χ1v) is 14.1. The molecule has 0 saturated heterocycles. The van der Waals surface area contributed by atoms with Gasteiger partial charge in [-0.15, -0.1) is 0 Å². The van der Waals surface area contributed by atoms with Crippen molar-refractivity contribution in [3.05, 3.63) is 66.8 Å². The van der Waals surface area contributed by atoms with Crippen LogP contribution in [0.25, 0.3) is 0 Å². The molecule has 1 atom stereocenters. The third-order valence-corrected chi connectivity index (χ3v) is 6.95. The van der Waals surface area contributed by atoms with Crippen LogP contribution in [0.15, 0.2) is 57.2 Å². The summed E-state index contributed by atoms with van der Waals surface area (Å²) in [6.07, 6.45) is 1.46. The molecule has 11 nitrogen and oxygen atoms in total. The molecule has 1 heterocycles. The molecule has 3 rings (SSSR count). The predicted molar refractivity (Wildman–Crippen MR) is 163 cm³/mol. The molecule has 0 aliphatic carbocycles. The minimum absolute atomic E-state index is 0.217. The van der Waals surface area contributed by atoms with Crippen LogP contribution in [-0.2, 0) is 23.9 Å². The molecule has 2 aromatic carbocycles. The number of esters is 2. The normalized spacial score (nSPS) is 14.7. The summed E-state index contributed by atoms with van der Waals surface area (Å²) in [6.45, 7) is 3.13. The Morgan fingerprint density at radius 3 is 2.65 bits per heavy atom. The number of thiocarbonyl (C=S) groups is 1. The third kappa shape index (κ3) is 8.38. The summed E-state index contributed by atoms with van der Waals surface area (Å²) in [5.74, 6) is -0.607. The molecular formula is C26H26BrIN4O7S. The Labute approximate surface area is 258 Å². The zero-order chi connectivity index (χ0) is 29.2. The van der Waals surface area contributed by atoms with E-state index in [1.807, 2.05) is 0 Å². The number of rotatable bonds is 11. The molecule has 0 unspecified atom stereocenters. The number of ether oxygens (including phenoxy) is 4. The van der Waals surface area contributed by atoms with Crippen molar-refractivity contribution in [2.24, 2.45) is 5.10 Å². The summed E-state index contributed by atoms with van der Waals surface area (Å²) in [5, 5.41) is 10.4. The van der Waals surface area contributed by atoms with Crippen LogP contribution in [0.3, 0.4) is 0 Å². The van der Waals surface area contributed by atoms with E-state index in [0.29, 0.717) is 43.5 Å². The third-order valence-electron chi connectivity index (χ3n) is 5.34. The van der Waals surface area contributed by atoms with Crippen LogP contribution >= 0.6 is 50.7 Å². The first-order valence-electron chi connectivity index (χ1n) is 11.8. The van der Waals surface area contributed by atoms with Gasteiger partial charge in [-0.1, -0.05) is 18.2 Å². The van der Waals surface area contributed by atoms with Crippen molar-refractivity contribution in [3.63, 3.8) is 0 Å². The lowest BCUT2D eigenvalue weighted by molar-refractivity contribution is -0.143. The highest BCUT2D eigenvalue weighted by molar-refractivity contribution is 14.1. The number of halogens is 2. The van der Waals surface area contributed by atoms with Gasteiger partial charge in [0.15, 0.2) is 18.3 Å². The van der Waals surface area contributed by atoms with E-state index in [0.717, 1.165) is 3.57 Å². The fourth-order valence-corrected chi connectivity index (χ4v) is 5.63. The topological polar surface area (TPSA) is 137 Å². The van der Waals surface area contributed by atoms with Crippen molar-refractivity contribution in [1.29, 1.82) is 0 Å². The van der Waals surface area contributed by atoms with Gasteiger partial charge in [0.1, 0.15) is 11.5 Å². The van der Waals surface area contributed by atoms with E-state index in [9.17, 15) is 14.4 Å². The van der Waals surface area contributed by atoms with Gasteiger partial charge in [0.25, 0.3) is 5.91 Å². The standard InChI is InChI=1S/C26H26BrIN4O7S/c1-4-37-25(35)22-14(2)30-26(40)31-23(22)16-7-5-6-8-19(16)38-12-20(33)32-29-11-15-9-17(27)24(18(28)10-15)39-13-21(34)36-3/h5-11,23H,4,12-13H2,1-3H3,(H,32,33)(H2,30,31,40)/t23-/m1/s1. The molecule has 40 heavy (non-hydrogen) atoms. The van der Waals surface area contributed by atoms with Crippen LogP contribution in [0.2, 0.25) is 0 Å². The number of carbonyl (C=O) groups excluding carboxylic acids is 3. The second-order valence-electron chi connectivity index (χ2n) is 8.09. The highest BCUT2D eigenvalue weighted by Crippen LogP contribution is 2.34. The van der Waals surface area contributed by atoms with Crippen molar-refractivity contribution >= 4 is 79.9 Å². The number of allylic oxidation sites excluding steroid dienone is 1. The fourth-order valence-electron chi connectivity index (χ4n) is 3.59. The molecular weight excluding hydrogens is 719 g/mol. The number of hydrogen-bond donors (Lipinski definition) is 3. The molecule has 2 aromatic rings. The van der Waals surface area contributed by atoms with E-state index >= 15 is 0 Å². The van der Waals surface area contributed by atoms with Crippen molar-refractivity contribution in [2.75, 3.05) is 26.9 Å². The largest absolute Gasteiger partial charge is 0.483 e. The summed E-state index contributed by atoms with van der Waals surface area (Å²) in [7, 11) is 1.28. The Kier molecular flexibility index (Phi) is 11.7. The smallest absolute Gasteiger partial charge is 0.343 e. The quantitative estimate of drug-likeness (QED) is 0.103. The Balaban J connectivity index is 1.66. The lowest BCUT2D eigenvalue weighted by atomic mass is 9.95. The SMILES string of the molecule is CCOC(=O)C1=C(C)NC(=S)N[C@@H]1c1ccccc1OCC(=O)NN=Cc1cc(Br)c(OCC(=O)OC)c(I)c1. The molecule has 0 radical (unpaired) electrons. The van der Waals surface area contributed by atoms with E-state index in [1.54, 1.807) is 50.2 Å². The van der Waals surface area contributed by atoms with Crippen LogP contribution in [0.4, 0.5) is 0 Å². The lowest BCUT2D eigenvalue weighted by Crippen LogP contribution is -2.45. The molecule has 0 bridgehead atoms. The highest BCUT2D eigenvalue weighted by atomic mass is 127. The van der Waals surface area contributed by atoms with Crippen LogP contribution in [0.1, 0.15) is 31.0 Å². The number of benzene rings is 2. The van der Waals surface area contributed by atoms with Crippen LogP contribution in [0.5, 0.6) is 11.5 Å². The number of hydrogen-bond acceptors (Lipinski definition) is 9. The number of amides is 1. The van der Waals surface area contributed by atoms with Gasteiger partial charge in [0.2, 0.25) is 0 Å². The summed E-state index contributed by atoms with van der Waals surface area (Å²) in [4.78, 5) is 36.5. The second kappa shape index (κ2) is 14.9. The molecule has 14 heteroatoms. The molecule has 0 saturated carbocycles. The summed E-state index contributed by atoms with van der Waals surface area (Å²) in [6, 6.07) is 9.89. The monoisotopic (exact) mass is 744 g/mol. The molecule has 1 amide bonds. The molecule has 0 aromatic heterocycles. The van der Waals surface area contributed by atoms with Crippen LogP contribution in [0, 0.1) is 3.57 Å². The maximum atomic E-state index is 12.7. The minimum atomic E-state index is -0.634. The molecule has 1 aliphatic heterocycles. The molecule has 0 spiro atoms. The lowest BCUT2D eigenvalue weighted by Gasteiger charge is -2.30. The van der Waals surface area contributed by atoms with Crippen molar-refractivity contribution in [1.82, 2.24) is 16.1 Å². The summed E-state index contributed by atoms with van der Waals surface area (Å²) in [5.41, 5.74) is 4.64. The zero-order valence-electron chi connectivity index (χ0n) is 21.7. The Morgan fingerprint density at radius 2 is 1.95 bits per heavy atom. The van der Waals surface area contributed by atoms with Crippen molar-refractivity contribution < 1.29 is 33.3 Å². The Bertz CT molecular complexity index is 1350. The first-order chi connectivity index (χ1) is 19.1. The number of methoxy groups -OCH3 is 1. The summed E-state index contributed by atoms with van der Waals surface area (Å²) >= 11 is 10.8. The number of nitrogens with zero attached hydrogens (tertiary/aromatic N) is 1. The average molecular weight is 745 g/mol. The van der Waals surface area contributed by atoms with E-state index < -0.39 is 23.9 Å². The number of carbonyl (C=O) groups is 3. The molecule has 3 N–H and O–H groups in total. The highest BCUT2D eigenvalue weighted by Gasteiger charge is 2.32. The van der Waals surface area contributed by atoms with Gasteiger partial charge in [-0.05, 0) is 88.3 Å². The van der Waals surface area contributed by atoms with Crippen LogP contribution < -0.4 is 25.5 Å². The van der Waals surface area contributed by atoms with Gasteiger partial charge in [0.05, 0.1) is 39.6 Å². The Hall–Kier alpha value is -3.24. The van der Waals surface area contributed by atoms with Gasteiger partial charge < -0.3 is 29.6 Å². The zero-order valence-corrected chi connectivity index (χ0v) is 26.3. The first kappa shape index (κ1) is 31.3. The maximum Gasteiger partial charge on any atom is 0.343 e. The molecule has 212 valence electrons. The van der Waals surface area contributed by atoms with Gasteiger partial charge in [0, 0.05) is 11.3 Å². The van der Waals surface area contributed by atoms with E-state index in [4.69, 9.17) is 26.4 Å². The molecule has 1 aliphatic rings. The van der Waals surface area contributed by atoms with Crippen LogP contribution in [-0.4, -0.2) is 56.1 Å². The van der Waals surface area contributed by atoms with Crippen molar-refractivity contribution in [3.8, 4) is 11.5 Å². The van der Waals surface area contributed by atoms with Gasteiger partial charge in [-0.25, -0.2) is 15.0 Å². The Morgan fingerprint density at radius 1 is 1.20 bits per heavy atom. The number of hydrazone groups is 1. The number of para-hydroxylation sites is 1. The van der Waals surface area contributed by atoms with Crippen molar-refractivity contribution in [2.45, 2.75) is 19.9 Å². The van der Waals surface area contributed by atoms with E-state index in [-0.39, 0.29) is 19.8 Å². The van der Waals surface area contributed by atoms with Gasteiger partial charge >= 0.3 is 11.9 Å².